The first-order valence-corrected chi connectivity index (χ1v) is 11.2. The highest BCUT2D eigenvalue weighted by Crippen LogP contribution is 2.21. The van der Waals surface area contributed by atoms with Crippen LogP contribution in [0.3, 0.4) is 0 Å². The summed E-state index contributed by atoms with van der Waals surface area (Å²) in [7, 11) is -3.52. The Labute approximate surface area is 173 Å². The van der Waals surface area contributed by atoms with Crippen molar-refractivity contribution in [1.29, 1.82) is 0 Å². The zero-order valence-corrected chi connectivity index (χ0v) is 18.0. The van der Waals surface area contributed by atoms with Crippen LogP contribution in [0, 0.1) is 0 Å². The number of rotatable bonds is 11. The molecule has 0 aliphatic rings. The first-order valence-electron chi connectivity index (χ1n) is 9.73. The predicted octanol–water partition coefficient (Wildman–Crippen LogP) is 3.96. The number of carboxylic acids is 1. The summed E-state index contributed by atoms with van der Waals surface area (Å²) in [5, 5.41) is 9.21. The number of hydrogen-bond donors (Lipinski definition) is 1. The second kappa shape index (κ2) is 9.89. The molecule has 1 N–H and O–H groups in total. The Morgan fingerprint density at radius 3 is 2.38 bits per heavy atom. The molecule has 0 fully saturated rings. The molecule has 0 heterocycles. The van der Waals surface area contributed by atoms with Crippen molar-refractivity contribution in [3.63, 3.8) is 0 Å². The molecular formula is C22H29NO5S. The highest BCUT2D eigenvalue weighted by molar-refractivity contribution is 7.89. The van der Waals surface area contributed by atoms with Crippen LogP contribution in [0.2, 0.25) is 0 Å². The Morgan fingerprint density at radius 1 is 1.07 bits per heavy atom. The molecule has 0 aromatic heterocycles. The van der Waals surface area contributed by atoms with E-state index in [0.29, 0.717) is 36.6 Å². The fraction of sp³-hybridized carbons (Fsp3) is 0.409. The molecule has 0 aliphatic heterocycles. The van der Waals surface area contributed by atoms with Crippen molar-refractivity contribution in [3.8, 4) is 5.75 Å². The van der Waals surface area contributed by atoms with E-state index in [1.807, 2.05) is 19.1 Å². The molecule has 0 atom stereocenters. The summed E-state index contributed by atoms with van der Waals surface area (Å²) in [4.78, 5) is 11.5. The Hall–Kier alpha value is -2.38. The van der Waals surface area contributed by atoms with Gasteiger partial charge in [-0.05, 0) is 62.9 Å². The van der Waals surface area contributed by atoms with Gasteiger partial charge in [-0.25, -0.2) is 13.2 Å². The number of sulfonamides is 1. The zero-order valence-electron chi connectivity index (χ0n) is 17.2. The lowest BCUT2D eigenvalue weighted by Crippen LogP contribution is -2.37. The Bertz CT molecular complexity index is 910. The van der Waals surface area contributed by atoms with E-state index in [1.165, 1.54) is 18.2 Å². The third kappa shape index (κ3) is 6.30. The van der Waals surface area contributed by atoms with Crippen LogP contribution in [0.25, 0.3) is 0 Å². The molecule has 0 unspecified atom stereocenters. The minimum atomic E-state index is -3.52. The van der Waals surface area contributed by atoms with Crippen LogP contribution in [0.1, 0.15) is 39.2 Å². The van der Waals surface area contributed by atoms with E-state index in [9.17, 15) is 18.3 Å². The van der Waals surface area contributed by atoms with Crippen LogP contribution in [0.15, 0.2) is 59.5 Å². The molecule has 0 saturated carbocycles. The van der Waals surface area contributed by atoms with Gasteiger partial charge in [0.1, 0.15) is 5.75 Å². The molecule has 29 heavy (non-hydrogen) atoms. The summed E-state index contributed by atoms with van der Waals surface area (Å²) in [5.74, 6) is -0.554. The van der Waals surface area contributed by atoms with Gasteiger partial charge in [0, 0.05) is 13.1 Å². The molecule has 0 amide bonds. The van der Waals surface area contributed by atoms with Crippen molar-refractivity contribution in [2.45, 2.75) is 50.5 Å². The molecule has 158 valence electrons. The van der Waals surface area contributed by atoms with Crippen LogP contribution < -0.4 is 4.74 Å². The first-order chi connectivity index (χ1) is 13.7. The summed E-state index contributed by atoms with van der Waals surface area (Å²) in [6.45, 7) is 5.83. The van der Waals surface area contributed by atoms with E-state index < -0.39 is 21.6 Å². The van der Waals surface area contributed by atoms with Gasteiger partial charge >= 0.3 is 5.97 Å². The molecule has 6 nitrogen and oxygen atoms in total. The van der Waals surface area contributed by atoms with Gasteiger partial charge < -0.3 is 9.84 Å². The highest BCUT2D eigenvalue weighted by Gasteiger charge is 2.29. The van der Waals surface area contributed by atoms with E-state index in [4.69, 9.17) is 4.74 Å². The SMILES string of the molecule is CCCN(CCCc1cccc(OC(C)(C)C(=O)O)c1)S(=O)(=O)c1ccccc1. The van der Waals surface area contributed by atoms with Gasteiger partial charge in [0.05, 0.1) is 4.90 Å². The second-order valence-corrected chi connectivity index (χ2v) is 9.32. The zero-order chi connectivity index (χ0) is 21.5. The summed E-state index contributed by atoms with van der Waals surface area (Å²) < 4.78 is 32.9. The standard InChI is InChI=1S/C22H29NO5S/c1-4-15-23(29(26,27)20-13-6-5-7-14-20)16-9-11-18-10-8-12-19(17-18)28-22(2,3)21(24)25/h5-8,10,12-14,17H,4,9,11,15-16H2,1-3H3,(H,24,25). The van der Waals surface area contributed by atoms with Crippen LogP contribution in [0.4, 0.5) is 0 Å². The lowest BCUT2D eigenvalue weighted by atomic mass is 10.1. The highest BCUT2D eigenvalue weighted by atomic mass is 32.2. The van der Waals surface area contributed by atoms with E-state index in [-0.39, 0.29) is 0 Å². The maximum atomic E-state index is 12.9. The number of aryl methyl sites for hydroxylation is 1. The smallest absolute Gasteiger partial charge is 0.347 e. The molecule has 0 aliphatic carbocycles. The molecular weight excluding hydrogens is 390 g/mol. The molecule has 0 spiro atoms. The van der Waals surface area contributed by atoms with Crippen LogP contribution in [-0.4, -0.2) is 42.5 Å². The van der Waals surface area contributed by atoms with Crippen LogP contribution in [-0.2, 0) is 21.2 Å². The lowest BCUT2D eigenvalue weighted by Gasteiger charge is -2.22. The topological polar surface area (TPSA) is 83.9 Å². The fourth-order valence-electron chi connectivity index (χ4n) is 2.91. The van der Waals surface area contributed by atoms with Crippen LogP contribution in [0.5, 0.6) is 5.75 Å². The Balaban J connectivity index is 2.03. The minimum Gasteiger partial charge on any atom is -0.478 e. The summed E-state index contributed by atoms with van der Waals surface area (Å²) in [5.41, 5.74) is -0.349. The maximum absolute atomic E-state index is 12.9. The number of ether oxygens (including phenoxy) is 1. The molecule has 0 saturated heterocycles. The maximum Gasteiger partial charge on any atom is 0.347 e. The summed E-state index contributed by atoms with van der Waals surface area (Å²) in [6.07, 6.45) is 2.05. The number of aliphatic carboxylic acids is 1. The number of hydrogen-bond acceptors (Lipinski definition) is 4. The molecule has 7 heteroatoms. The van der Waals surface area contributed by atoms with Crippen molar-refractivity contribution >= 4 is 16.0 Å². The van der Waals surface area contributed by atoms with Gasteiger partial charge in [-0.3, -0.25) is 0 Å². The van der Waals surface area contributed by atoms with E-state index in [1.54, 1.807) is 42.5 Å². The third-order valence-corrected chi connectivity index (χ3v) is 6.43. The average molecular weight is 420 g/mol. The molecule has 2 aromatic rings. The molecule has 0 radical (unpaired) electrons. The van der Waals surface area contributed by atoms with Crippen molar-refractivity contribution in [2.24, 2.45) is 0 Å². The molecule has 2 rings (SSSR count). The number of carbonyl (C=O) groups is 1. The van der Waals surface area contributed by atoms with Crippen molar-refractivity contribution in [1.82, 2.24) is 4.31 Å². The summed E-state index contributed by atoms with van der Waals surface area (Å²) >= 11 is 0. The van der Waals surface area contributed by atoms with Crippen molar-refractivity contribution < 1.29 is 23.1 Å². The quantitative estimate of drug-likeness (QED) is 0.596. The van der Waals surface area contributed by atoms with Gasteiger partial charge in [-0.1, -0.05) is 37.3 Å². The Morgan fingerprint density at radius 2 is 1.76 bits per heavy atom. The fourth-order valence-corrected chi connectivity index (χ4v) is 4.50. The summed E-state index contributed by atoms with van der Waals surface area (Å²) in [6, 6.07) is 15.7. The van der Waals surface area contributed by atoms with Gasteiger partial charge in [0.25, 0.3) is 0 Å². The molecule has 2 aromatic carbocycles. The van der Waals surface area contributed by atoms with Gasteiger partial charge in [0.2, 0.25) is 10.0 Å². The first kappa shape index (κ1) is 22.9. The van der Waals surface area contributed by atoms with Crippen LogP contribution >= 0.6 is 0 Å². The minimum absolute atomic E-state index is 0.305. The molecule has 0 bridgehead atoms. The average Bonchev–Trinajstić information content (AvgIpc) is 2.68. The van der Waals surface area contributed by atoms with E-state index in [2.05, 4.69) is 0 Å². The number of carboxylic acid groups (broad SMARTS) is 1. The second-order valence-electron chi connectivity index (χ2n) is 7.39. The van der Waals surface area contributed by atoms with E-state index in [0.717, 1.165) is 12.0 Å². The largest absolute Gasteiger partial charge is 0.478 e. The van der Waals surface area contributed by atoms with Crippen molar-refractivity contribution in [3.05, 3.63) is 60.2 Å². The lowest BCUT2D eigenvalue weighted by molar-refractivity contribution is -0.152. The number of benzene rings is 2. The van der Waals surface area contributed by atoms with Gasteiger partial charge in [-0.2, -0.15) is 4.31 Å². The monoisotopic (exact) mass is 419 g/mol. The van der Waals surface area contributed by atoms with E-state index >= 15 is 0 Å². The van der Waals surface area contributed by atoms with Crippen molar-refractivity contribution in [2.75, 3.05) is 13.1 Å². The third-order valence-electron chi connectivity index (χ3n) is 4.51. The normalized spacial score (nSPS) is 12.1. The van der Waals surface area contributed by atoms with Gasteiger partial charge in [-0.15, -0.1) is 0 Å². The number of nitrogens with zero attached hydrogens (tertiary/aromatic N) is 1. The predicted molar refractivity (Wildman–Crippen MR) is 113 cm³/mol. The Kier molecular flexibility index (Phi) is 7.81. The van der Waals surface area contributed by atoms with Gasteiger partial charge in [0.15, 0.2) is 5.60 Å².